The van der Waals surface area contributed by atoms with Crippen LogP contribution in [0.5, 0.6) is 0 Å². The Labute approximate surface area is 150 Å². The van der Waals surface area contributed by atoms with E-state index in [4.69, 9.17) is 4.74 Å². The molecular weight excluding hydrogens is 318 g/mol. The summed E-state index contributed by atoms with van der Waals surface area (Å²) in [6.45, 7) is 12.7. The highest BCUT2D eigenvalue weighted by Crippen LogP contribution is 2.27. The lowest BCUT2D eigenvalue weighted by Gasteiger charge is -2.26. The maximum absolute atomic E-state index is 12.3. The Kier molecular flexibility index (Phi) is 9.35. The predicted molar refractivity (Wildman–Crippen MR) is 104 cm³/mol. The van der Waals surface area contributed by atoms with Gasteiger partial charge in [0.05, 0.1) is 13.2 Å². The minimum atomic E-state index is 0.0993. The van der Waals surface area contributed by atoms with Gasteiger partial charge in [-0.2, -0.15) is 0 Å². The predicted octanol–water partition coefficient (Wildman–Crippen LogP) is 5.25. The third-order valence-corrected chi connectivity index (χ3v) is 4.50. The summed E-state index contributed by atoms with van der Waals surface area (Å²) in [6, 6.07) is 12.1. The van der Waals surface area contributed by atoms with E-state index in [9.17, 15) is 4.79 Å². The number of ether oxygens (including phenoxy) is 1. The molecule has 0 N–H and O–H groups in total. The smallest absolute Gasteiger partial charge is 0.254 e. The first-order valence-electron chi connectivity index (χ1n) is 8.78. The maximum atomic E-state index is 12.3. The van der Waals surface area contributed by atoms with Crippen LogP contribution in [0.25, 0.3) is 10.4 Å². The van der Waals surface area contributed by atoms with Crippen molar-refractivity contribution in [3.63, 3.8) is 0 Å². The van der Waals surface area contributed by atoms with Gasteiger partial charge in [0.2, 0.25) is 0 Å². The Morgan fingerprint density at radius 2 is 1.54 bits per heavy atom. The molecule has 3 nitrogen and oxygen atoms in total. The normalized spacial score (nSPS) is 13.3. The molecule has 2 heterocycles. The molecule has 1 aliphatic heterocycles. The molecule has 24 heavy (non-hydrogen) atoms. The molecule has 2 aromatic rings. The number of nitrogens with zero attached hydrogens (tertiary/aromatic N) is 1. The number of hydrogen-bond donors (Lipinski definition) is 0. The molecule has 0 radical (unpaired) electrons. The number of amides is 1. The van der Waals surface area contributed by atoms with Gasteiger partial charge < -0.3 is 9.64 Å². The molecule has 3 rings (SSSR count). The number of rotatable bonds is 2. The summed E-state index contributed by atoms with van der Waals surface area (Å²) in [4.78, 5) is 16.7. The molecule has 0 aliphatic carbocycles. The average Bonchev–Trinajstić information content (AvgIpc) is 3.12. The maximum Gasteiger partial charge on any atom is 0.254 e. The van der Waals surface area contributed by atoms with Crippen molar-refractivity contribution in [2.24, 2.45) is 0 Å². The summed E-state index contributed by atoms with van der Waals surface area (Å²) < 4.78 is 5.27. The van der Waals surface area contributed by atoms with Crippen molar-refractivity contribution in [3.8, 4) is 10.4 Å². The zero-order chi connectivity index (χ0) is 17.9. The fourth-order valence-electron chi connectivity index (χ4n) is 2.32. The molecule has 132 valence electrons. The Morgan fingerprint density at radius 1 is 0.958 bits per heavy atom. The van der Waals surface area contributed by atoms with Gasteiger partial charge in [-0.15, -0.1) is 11.3 Å². The molecule has 1 fully saturated rings. The third-order valence-electron chi connectivity index (χ3n) is 3.46. The summed E-state index contributed by atoms with van der Waals surface area (Å²) in [6.07, 6.45) is 0. The van der Waals surface area contributed by atoms with Gasteiger partial charge in [0.15, 0.2) is 0 Å². The molecule has 0 unspecified atom stereocenters. The van der Waals surface area contributed by atoms with Crippen molar-refractivity contribution in [2.45, 2.75) is 34.6 Å². The zero-order valence-corrected chi connectivity index (χ0v) is 16.3. The van der Waals surface area contributed by atoms with Crippen LogP contribution in [-0.2, 0) is 4.74 Å². The average molecular weight is 348 g/mol. The van der Waals surface area contributed by atoms with Crippen molar-refractivity contribution in [1.82, 2.24) is 4.90 Å². The van der Waals surface area contributed by atoms with E-state index in [1.807, 2.05) is 56.9 Å². The first kappa shape index (κ1) is 20.4. The first-order chi connectivity index (χ1) is 11.7. The Bertz CT molecular complexity index is 598. The van der Waals surface area contributed by atoms with Crippen LogP contribution in [0, 0.1) is 6.92 Å². The quantitative estimate of drug-likeness (QED) is 0.742. The van der Waals surface area contributed by atoms with Gasteiger partial charge in [-0.1, -0.05) is 39.8 Å². The van der Waals surface area contributed by atoms with Crippen LogP contribution >= 0.6 is 11.3 Å². The molecule has 4 heteroatoms. The van der Waals surface area contributed by atoms with Gasteiger partial charge in [0.1, 0.15) is 0 Å². The number of benzene rings is 1. The minimum Gasteiger partial charge on any atom is -0.378 e. The van der Waals surface area contributed by atoms with Crippen LogP contribution in [0.4, 0.5) is 0 Å². The molecular formula is C20H29NO2S. The van der Waals surface area contributed by atoms with E-state index in [2.05, 4.69) is 19.1 Å². The fourth-order valence-corrected chi connectivity index (χ4v) is 3.19. The monoisotopic (exact) mass is 347 g/mol. The van der Waals surface area contributed by atoms with Crippen LogP contribution in [0.15, 0.2) is 36.4 Å². The first-order valence-corrected chi connectivity index (χ1v) is 9.59. The van der Waals surface area contributed by atoms with Gasteiger partial charge >= 0.3 is 0 Å². The number of thiophene rings is 1. The van der Waals surface area contributed by atoms with Crippen molar-refractivity contribution in [3.05, 3.63) is 46.8 Å². The lowest BCUT2D eigenvalue weighted by atomic mass is 10.1. The van der Waals surface area contributed by atoms with E-state index in [1.165, 1.54) is 15.3 Å². The molecule has 1 saturated heterocycles. The van der Waals surface area contributed by atoms with Gasteiger partial charge in [0, 0.05) is 28.4 Å². The van der Waals surface area contributed by atoms with E-state index in [0.717, 1.165) is 5.56 Å². The molecule has 1 aromatic heterocycles. The minimum absolute atomic E-state index is 0.0993. The van der Waals surface area contributed by atoms with E-state index in [-0.39, 0.29) is 5.91 Å². The molecule has 1 aliphatic rings. The largest absolute Gasteiger partial charge is 0.378 e. The molecule has 1 aromatic carbocycles. The van der Waals surface area contributed by atoms with Gasteiger partial charge in [0.25, 0.3) is 5.91 Å². The molecule has 0 saturated carbocycles. The molecule has 0 atom stereocenters. The lowest BCUT2D eigenvalue weighted by Crippen LogP contribution is -2.40. The van der Waals surface area contributed by atoms with Crippen LogP contribution in [-0.4, -0.2) is 37.1 Å². The van der Waals surface area contributed by atoms with Crippen molar-refractivity contribution in [1.29, 1.82) is 0 Å². The van der Waals surface area contributed by atoms with Crippen LogP contribution in [0.1, 0.15) is 42.9 Å². The van der Waals surface area contributed by atoms with E-state index in [0.29, 0.717) is 26.3 Å². The molecule has 0 spiro atoms. The van der Waals surface area contributed by atoms with Crippen LogP contribution < -0.4 is 0 Å². The van der Waals surface area contributed by atoms with Gasteiger partial charge in [-0.3, -0.25) is 4.79 Å². The zero-order valence-electron chi connectivity index (χ0n) is 15.5. The summed E-state index contributed by atoms with van der Waals surface area (Å²) >= 11 is 1.77. The molecule has 0 bridgehead atoms. The standard InChI is InChI=1S/C16H17NO2S.2C2H6/c1-12-2-7-15(20-12)13-3-5-14(6-4-13)16(18)17-8-10-19-11-9-17;2*1-2/h2-7H,8-11H2,1H3;2*1-2H3. The topological polar surface area (TPSA) is 29.5 Å². The summed E-state index contributed by atoms with van der Waals surface area (Å²) in [7, 11) is 0. The second-order valence-electron chi connectivity index (χ2n) is 4.89. The van der Waals surface area contributed by atoms with Crippen LogP contribution in [0.3, 0.4) is 0 Å². The van der Waals surface area contributed by atoms with E-state index < -0.39 is 0 Å². The summed E-state index contributed by atoms with van der Waals surface area (Å²) in [5, 5.41) is 0. The van der Waals surface area contributed by atoms with Crippen LogP contribution in [0.2, 0.25) is 0 Å². The Morgan fingerprint density at radius 3 is 2.04 bits per heavy atom. The summed E-state index contributed by atoms with van der Waals surface area (Å²) in [5.41, 5.74) is 1.92. The number of hydrogen-bond acceptors (Lipinski definition) is 3. The lowest BCUT2D eigenvalue weighted by molar-refractivity contribution is 0.0303. The van der Waals surface area contributed by atoms with Gasteiger partial charge in [-0.25, -0.2) is 0 Å². The van der Waals surface area contributed by atoms with E-state index in [1.54, 1.807) is 11.3 Å². The second-order valence-corrected chi connectivity index (χ2v) is 6.18. The Hall–Kier alpha value is -1.65. The third kappa shape index (κ3) is 5.46. The van der Waals surface area contributed by atoms with Crippen molar-refractivity contribution >= 4 is 17.2 Å². The SMILES string of the molecule is CC.CC.Cc1ccc(-c2ccc(C(=O)N3CCOCC3)cc2)s1. The van der Waals surface area contributed by atoms with E-state index >= 15 is 0 Å². The molecule has 1 amide bonds. The Balaban J connectivity index is 0.000000671. The highest BCUT2D eigenvalue weighted by molar-refractivity contribution is 7.15. The number of morpholine rings is 1. The number of carbonyl (C=O) groups is 1. The highest BCUT2D eigenvalue weighted by atomic mass is 32.1. The fraction of sp³-hybridized carbons (Fsp3) is 0.450. The second kappa shape index (κ2) is 11.0. The van der Waals surface area contributed by atoms with Gasteiger partial charge in [-0.05, 0) is 36.8 Å². The van der Waals surface area contributed by atoms with Crippen molar-refractivity contribution in [2.75, 3.05) is 26.3 Å². The summed E-state index contributed by atoms with van der Waals surface area (Å²) in [5.74, 6) is 0.0993. The number of carbonyl (C=O) groups excluding carboxylic acids is 1. The van der Waals surface area contributed by atoms with Crippen molar-refractivity contribution < 1.29 is 9.53 Å². The highest BCUT2D eigenvalue weighted by Gasteiger charge is 2.18. The number of aryl methyl sites for hydroxylation is 1.